The van der Waals surface area contributed by atoms with Crippen LogP contribution in [0, 0.1) is 6.92 Å². The first-order valence-electron chi connectivity index (χ1n) is 6.94. The fourth-order valence-corrected chi connectivity index (χ4v) is 2.44. The molecular weight excluding hydrogens is 254 g/mol. The lowest BCUT2D eigenvalue weighted by Gasteiger charge is -2.29. The first-order valence-corrected chi connectivity index (χ1v) is 6.94. The lowest BCUT2D eigenvalue weighted by Crippen LogP contribution is -2.40. The summed E-state index contributed by atoms with van der Waals surface area (Å²) < 4.78 is 11.3. The smallest absolute Gasteiger partial charge is 0.247 e. The van der Waals surface area contributed by atoms with Crippen molar-refractivity contribution in [3.8, 4) is 11.5 Å². The van der Waals surface area contributed by atoms with E-state index in [0.29, 0.717) is 18.3 Å². The van der Waals surface area contributed by atoms with Gasteiger partial charge in [0, 0.05) is 18.7 Å². The van der Waals surface area contributed by atoms with Crippen molar-refractivity contribution in [1.29, 1.82) is 0 Å². The predicted molar refractivity (Wildman–Crippen MR) is 75.2 cm³/mol. The van der Waals surface area contributed by atoms with Crippen molar-refractivity contribution in [2.75, 3.05) is 19.7 Å². The summed E-state index contributed by atoms with van der Waals surface area (Å²) in [6, 6.07) is 8.09. The fraction of sp³-hybridized carbons (Fsp3) is 0.467. The maximum atomic E-state index is 5.76. The van der Waals surface area contributed by atoms with Gasteiger partial charge in [-0.25, -0.2) is 0 Å². The Morgan fingerprint density at radius 2 is 2.25 bits per heavy atom. The zero-order chi connectivity index (χ0) is 13.9. The van der Waals surface area contributed by atoms with E-state index in [1.165, 1.54) is 5.56 Å². The standard InChI is InChI=1S/C15H19N3O2/c1-11-4-3-5-13(8-11)15-17-16-14(20-15)10-18-6-7-19-12(2)9-18/h3-5,8,12H,6-7,9-10H2,1-2H3. The van der Waals surface area contributed by atoms with Crippen LogP contribution in [0.15, 0.2) is 28.7 Å². The number of morpholine rings is 1. The van der Waals surface area contributed by atoms with Crippen molar-refractivity contribution < 1.29 is 9.15 Å². The average molecular weight is 273 g/mol. The molecule has 0 radical (unpaired) electrons. The number of hydrogen-bond acceptors (Lipinski definition) is 5. The third-order valence-corrected chi connectivity index (χ3v) is 3.42. The Morgan fingerprint density at radius 3 is 3.05 bits per heavy atom. The minimum absolute atomic E-state index is 0.267. The van der Waals surface area contributed by atoms with Crippen molar-refractivity contribution in [3.63, 3.8) is 0 Å². The van der Waals surface area contributed by atoms with Crippen LogP contribution >= 0.6 is 0 Å². The van der Waals surface area contributed by atoms with Crippen LogP contribution in [0.4, 0.5) is 0 Å². The third-order valence-electron chi connectivity index (χ3n) is 3.42. The lowest BCUT2D eigenvalue weighted by molar-refractivity contribution is -0.0235. The number of hydrogen-bond donors (Lipinski definition) is 0. The molecule has 1 aromatic carbocycles. The van der Waals surface area contributed by atoms with Gasteiger partial charge >= 0.3 is 0 Å². The Labute approximate surface area is 118 Å². The Balaban J connectivity index is 1.70. The summed E-state index contributed by atoms with van der Waals surface area (Å²) in [6.45, 7) is 7.40. The molecule has 1 aliphatic heterocycles. The Morgan fingerprint density at radius 1 is 1.35 bits per heavy atom. The molecule has 1 unspecified atom stereocenters. The van der Waals surface area contributed by atoms with E-state index in [9.17, 15) is 0 Å². The summed E-state index contributed by atoms with van der Waals surface area (Å²) in [7, 11) is 0. The number of nitrogens with zero attached hydrogens (tertiary/aromatic N) is 3. The average Bonchev–Trinajstić information content (AvgIpc) is 2.87. The van der Waals surface area contributed by atoms with Gasteiger partial charge in [-0.3, -0.25) is 4.90 Å². The quantitative estimate of drug-likeness (QED) is 0.858. The van der Waals surface area contributed by atoms with E-state index in [1.807, 2.05) is 18.2 Å². The van der Waals surface area contributed by atoms with E-state index >= 15 is 0 Å². The van der Waals surface area contributed by atoms with Gasteiger partial charge in [0.15, 0.2) is 0 Å². The Kier molecular flexibility index (Phi) is 3.80. The molecule has 1 fully saturated rings. The van der Waals surface area contributed by atoms with E-state index in [4.69, 9.17) is 9.15 Å². The highest BCUT2D eigenvalue weighted by Crippen LogP contribution is 2.19. The second-order valence-electron chi connectivity index (χ2n) is 5.29. The summed E-state index contributed by atoms with van der Waals surface area (Å²) >= 11 is 0. The maximum Gasteiger partial charge on any atom is 0.247 e. The number of aryl methyl sites for hydroxylation is 1. The van der Waals surface area contributed by atoms with Crippen molar-refractivity contribution in [2.24, 2.45) is 0 Å². The van der Waals surface area contributed by atoms with Crippen molar-refractivity contribution in [3.05, 3.63) is 35.7 Å². The topological polar surface area (TPSA) is 51.4 Å². The molecule has 1 aromatic heterocycles. The van der Waals surface area contributed by atoms with Gasteiger partial charge in [-0.15, -0.1) is 10.2 Å². The molecular formula is C15H19N3O2. The van der Waals surface area contributed by atoms with Gasteiger partial charge in [0.25, 0.3) is 0 Å². The van der Waals surface area contributed by atoms with Crippen molar-refractivity contribution in [2.45, 2.75) is 26.5 Å². The molecule has 106 valence electrons. The van der Waals surface area contributed by atoms with Gasteiger partial charge in [-0.2, -0.15) is 0 Å². The fourth-order valence-electron chi connectivity index (χ4n) is 2.44. The van der Waals surface area contributed by atoms with Gasteiger partial charge < -0.3 is 9.15 Å². The molecule has 1 saturated heterocycles. The number of ether oxygens (including phenoxy) is 1. The van der Waals surface area contributed by atoms with Crippen LogP contribution < -0.4 is 0 Å². The molecule has 5 nitrogen and oxygen atoms in total. The van der Waals surface area contributed by atoms with Gasteiger partial charge in [-0.05, 0) is 26.0 Å². The third kappa shape index (κ3) is 3.05. The van der Waals surface area contributed by atoms with Gasteiger partial charge in [0.05, 0.1) is 19.3 Å². The minimum atomic E-state index is 0.267. The molecule has 0 saturated carbocycles. The second kappa shape index (κ2) is 5.73. The second-order valence-corrected chi connectivity index (χ2v) is 5.29. The monoisotopic (exact) mass is 273 g/mol. The highest BCUT2D eigenvalue weighted by molar-refractivity contribution is 5.53. The Bertz CT molecular complexity index is 582. The summed E-state index contributed by atoms with van der Waals surface area (Å²) in [5.41, 5.74) is 2.16. The minimum Gasteiger partial charge on any atom is -0.419 e. The number of aromatic nitrogens is 2. The summed E-state index contributed by atoms with van der Waals surface area (Å²) in [4.78, 5) is 2.28. The SMILES string of the molecule is Cc1cccc(-c2nnc(CN3CCOC(C)C3)o2)c1. The van der Waals surface area contributed by atoms with Crippen molar-refractivity contribution in [1.82, 2.24) is 15.1 Å². The molecule has 3 rings (SSSR count). The van der Waals surface area contributed by atoms with Gasteiger partial charge in [-0.1, -0.05) is 17.7 Å². The van der Waals surface area contributed by atoms with Gasteiger partial charge in [0.1, 0.15) is 0 Å². The lowest BCUT2D eigenvalue weighted by atomic mass is 10.1. The van der Waals surface area contributed by atoms with E-state index in [0.717, 1.165) is 25.3 Å². The summed E-state index contributed by atoms with van der Waals surface area (Å²) in [5.74, 6) is 1.25. The molecule has 1 aliphatic rings. The van der Waals surface area contributed by atoms with Crippen LogP contribution in [-0.4, -0.2) is 40.9 Å². The molecule has 0 bridgehead atoms. The molecule has 2 aromatic rings. The Hall–Kier alpha value is -1.72. The van der Waals surface area contributed by atoms with E-state index in [1.54, 1.807) is 0 Å². The van der Waals surface area contributed by atoms with Crippen molar-refractivity contribution >= 4 is 0 Å². The van der Waals surface area contributed by atoms with Crippen LogP contribution in [-0.2, 0) is 11.3 Å². The molecule has 0 amide bonds. The van der Waals surface area contributed by atoms with E-state index in [-0.39, 0.29) is 6.10 Å². The summed E-state index contributed by atoms with van der Waals surface area (Å²) in [5, 5.41) is 8.28. The van der Waals surface area contributed by atoms with E-state index in [2.05, 4.69) is 35.0 Å². The molecule has 20 heavy (non-hydrogen) atoms. The number of benzene rings is 1. The van der Waals surface area contributed by atoms with Gasteiger partial charge in [0.2, 0.25) is 11.8 Å². The normalized spacial score (nSPS) is 20.2. The number of rotatable bonds is 3. The molecule has 2 heterocycles. The molecule has 0 N–H and O–H groups in total. The maximum absolute atomic E-state index is 5.76. The first-order chi connectivity index (χ1) is 9.70. The zero-order valence-electron chi connectivity index (χ0n) is 11.9. The van der Waals surface area contributed by atoms with Crippen LogP contribution in [0.3, 0.4) is 0 Å². The molecule has 0 spiro atoms. The summed E-state index contributed by atoms with van der Waals surface area (Å²) in [6.07, 6.45) is 0.267. The first kappa shape index (κ1) is 13.3. The van der Waals surface area contributed by atoms with Crippen LogP contribution in [0.1, 0.15) is 18.4 Å². The molecule has 0 aliphatic carbocycles. The molecule has 5 heteroatoms. The van der Waals surface area contributed by atoms with Crippen LogP contribution in [0.2, 0.25) is 0 Å². The zero-order valence-corrected chi connectivity index (χ0v) is 11.9. The highest BCUT2D eigenvalue weighted by atomic mass is 16.5. The van der Waals surface area contributed by atoms with E-state index < -0.39 is 0 Å². The highest BCUT2D eigenvalue weighted by Gasteiger charge is 2.19. The van der Waals surface area contributed by atoms with Crippen LogP contribution in [0.25, 0.3) is 11.5 Å². The molecule has 1 atom stereocenters. The van der Waals surface area contributed by atoms with Crippen LogP contribution in [0.5, 0.6) is 0 Å². The largest absolute Gasteiger partial charge is 0.419 e. The predicted octanol–water partition coefficient (Wildman–Crippen LogP) is 2.27.